The molecule has 0 bridgehead atoms. The van der Waals surface area contributed by atoms with E-state index in [1.165, 1.54) is 18.4 Å². The van der Waals surface area contributed by atoms with E-state index in [4.69, 9.17) is 5.73 Å². The molecule has 1 atom stereocenters. The van der Waals surface area contributed by atoms with Crippen molar-refractivity contribution in [3.8, 4) is 0 Å². The van der Waals surface area contributed by atoms with Crippen molar-refractivity contribution in [1.29, 1.82) is 0 Å². The number of nitrogens with two attached hydrogens (primary N) is 1. The Balaban J connectivity index is 1.68. The Kier molecular flexibility index (Phi) is 4.23. The van der Waals surface area contributed by atoms with Gasteiger partial charge in [-0.2, -0.15) is 0 Å². The van der Waals surface area contributed by atoms with Gasteiger partial charge in [-0.25, -0.2) is 0 Å². The van der Waals surface area contributed by atoms with Crippen molar-refractivity contribution in [1.82, 2.24) is 4.90 Å². The Morgan fingerprint density at radius 2 is 1.86 bits per heavy atom. The van der Waals surface area contributed by atoms with E-state index in [0.717, 1.165) is 12.1 Å². The predicted octanol–water partition coefficient (Wildman–Crippen LogP) is 2.97. The van der Waals surface area contributed by atoms with Crippen molar-refractivity contribution in [3.05, 3.63) is 65.7 Å². The third kappa shape index (κ3) is 3.84. The Morgan fingerprint density at radius 3 is 2.52 bits per heavy atom. The van der Waals surface area contributed by atoms with Gasteiger partial charge in [0.2, 0.25) is 0 Å². The molecule has 0 heterocycles. The van der Waals surface area contributed by atoms with Crippen LogP contribution in [-0.4, -0.2) is 22.6 Å². The van der Waals surface area contributed by atoms with E-state index in [9.17, 15) is 5.11 Å². The van der Waals surface area contributed by atoms with Gasteiger partial charge in [-0.1, -0.05) is 42.5 Å². The van der Waals surface area contributed by atoms with E-state index in [1.54, 1.807) is 0 Å². The second kappa shape index (κ2) is 6.29. The van der Waals surface area contributed by atoms with Crippen LogP contribution in [0.25, 0.3) is 0 Å². The number of hydrogen-bond acceptors (Lipinski definition) is 3. The Bertz CT molecular complexity index is 581. The number of rotatable bonds is 6. The van der Waals surface area contributed by atoms with Gasteiger partial charge < -0.3 is 10.8 Å². The molecule has 1 aliphatic rings. The van der Waals surface area contributed by atoms with Crippen LogP contribution in [-0.2, 0) is 6.54 Å². The fourth-order valence-corrected chi connectivity index (χ4v) is 2.69. The maximum Gasteiger partial charge on any atom is 0.0917 e. The smallest absolute Gasteiger partial charge is 0.0917 e. The molecule has 3 nitrogen and oxygen atoms in total. The van der Waals surface area contributed by atoms with Crippen molar-refractivity contribution < 1.29 is 5.11 Å². The summed E-state index contributed by atoms with van der Waals surface area (Å²) in [5.41, 5.74) is 8.69. The molecular weight excluding hydrogens is 260 g/mol. The first-order valence-corrected chi connectivity index (χ1v) is 7.54. The van der Waals surface area contributed by atoms with Gasteiger partial charge in [0.15, 0.2) is 0 Å². The maximum absolute atomic E-state index is 10.5. The molecule has 2 aromatic rings. The van der Waals surface area contributed by atoms with Gasteiger partial charge in [0.05, 0.1) is 6.10 Å². The molecule has 21 heavy (non-hydrogen) atoms. The van der Waals surface area contributed by atoms with Crippen LogP contribution in [0.1, 0.15) is 30.1 Å². The third-order valence-corrected chi connectivity index (χ3v) is 3.99. The van der Waals surface area contributed by atoms with E-state index in [-0.39, 0.29) is 0 Å². The number of aliphatic hydroxyl groups is 1. The average molecular weight is 282 g/mol. The van der Waals surface area contributed by atoms with Crippen molar-refractivity contribution in [2.75, 3.05) is 12.3 Å². The second-order valence-corrected chi connectivity index (χ2v) is 5.83. The molecule has 1 saturated carbocycles. The lowest BCUT2D eigenvalue weighted by Gasteiger charge is -2.25. The van der Waals surface area contributed by atoms with Crippen LogP contribution in [0, 0.1) is 0 Å². The lowest BCUT2D eigenvalue weighted by molar-refractivity contribution is 0.104. The standard InChI is InChI=1S/C18H22N2O/c19-16-8-4-7-15(11-16)18(21)13-20(17-9-10-17)12-14-5-2-1-3-6-14/h1-8,11,17-18,21H,9-10,12-13,19H2. The molecule has 1 unspecified atom stereocenters. The summed E-state index contributed by atoms with van der Waals surface area (Å²) in [6, 6.07) is 18.6. The molecule has 0 radical (unpaired) electrons. The number of aliphatic hydroxyl groups excluding tert-OH is 1. The monoisotopic (exact) mass is 282 g/mol. The minimum absolute atomic E-state index is 0.488. The first kappa shape index (κ1) is 14.1. The summed E-state index contributed by atoms with van der Waals surface area (Å²) in [6.45, 7) is 1.55. The largest absolute Gasteiger partial charge is 0.399 e. The van der Waals surface area contributed by atoms with Gasteiger partial charge in [-0.3, -0.25) is 4.90 Å². The van der Waals surface area contributed by atoms with Crippen LogP contribution in [0.15, 0.2) is 54.6 Å². The first-order chi connectivity index (χ1) is 10.2. The molecule has 0 aliphatic heterocycles. The van der Waals surface area contributed by atoms with Gasteiger partial charge in [0.1, 0.15) is 0 Å². The van der Waals surface area contributed by atoms with Crippen LogP contribution < -0.4 is 5.73 Å². The summed E-state index contributed by atoms with van der Waals surface area (Å²) in [5.74, 6) is 0. The Hall–Kier alpha value is -1.84. The third-order valence-electron chi connectivity index (χ3n) is 3.99. The summed E-state index contributed by atoms with van der Waals surface area (Å²) in [7, 11) is 0. The van der Waals surface area contributed by atoms with Gasteiger partial charge in [-0.05, 0) is 36.1 Å². The molecule has 110 valence electrons. The Labute approximate surface area is 126 Å². The minimum atomic E-state index is -0.488. The minimum Gasteiger partial charge on any atom is -0.399 e. The highest BCUT2D eigenvalue weighted by molar-refractivity contribution is 5.41. The number of benzene rings is 2. The molecule has 1 fully saturated rings. The van der Waals surface area contributed by atoms with Crippen LogP contribution in [0.5, 0.6) is 0 Å². The number of nitrogens with zero attached hydrogens (tertiary/aromatic N) is 1. The normalized spacial score (nSPS) is 16.1. The summed E-state index contributed by atoms with van der Waals surface area (Å²) in [4.78, 5) is 2.38. The van der Waals surface area contributed by atoms with E-state index in [2.05, 4.69) is 29.2 Å². The predicted molar refractivity (Wildman–Crippen MR) is 85.7 cm³/mol. The zero-order valence-corrected chi connectivity index (χ0v) is 12.2. The Morgan fingerprint density at radius 1 is 1.10 bits per heavy atom. The molecule has 0 amide bonds. The topological polar surface area (TPSA) is 49.5 Å². The molecule has 0 spiro atoms. The van der Waals surface area contributed by atoms with E-state index in [0.29, 0.717) is 18.3 Å². The lowest BCUT2D eigenvalue weighted by atomic mass is 10.1. The van der Waals surface area contributed by atoms with Crippen molar-refractivity contribution in [2.24, 2.45) is 0 Å². The highest BCUT2D eigenvalue weighted by Gasteiger charge is 2.30. The van der Waals surface area contributed by atoms with E-state index in [1.807, 2.05) is 30.3 Å². The SMILES string of the molecule is Nc1cccc(C(O)CN(Cc2ccccc2)C2CC2)c1. The van der Waals surface area contributed by atoms with Crippen molar-refractivity contribution in [3.63, 3.8) is 0 Å². The van der Waals surface area contributed by atoms with Crippen molar-refractivity contribution in [2.45, 2.75) is 31.5 Å². The average Bonchev–Trinajstić information content (AvgIpc) is 3.32. The van der Waals surface area contributed by atoms with Crippen LogP contribution in [0.3, 0.4) is 0 Å². The summed E-state index contributed by atoms with van der Waals surface area (Å²) in [5, 5.41) is 10.5. The summed E-state index contributed by atoms with van der Waals surface area (Å²) >= 11 is 0. The van der Waals surface area contributed by atoms with Gasteiger partial charge in [-0.15, -0.1) is 0 Å². The zero-order chi connectivity index (χ0) is 14.7. The second-order valence-electron chi connectivity index (χ2n) is 5.83. The number of hydrogen-bond donors (Lipinski definition) is 2. The molecule has 1 aliphatic carbocycles. The number of nitrogen functional groups attached to an aromatic ring is 1. The zero-order valence-electron chi connectivity index (χ0n) is 12.2. The molecule has 0 saturated heterocycles. The number of anilines is 1. The van der Waals surface area contributed by atoms with Crippen LogP contribution in [0.2, 0.25) is 0 Å². The molecule has 3 heteroatoms. The fraction of sp³-hybridized carbons (Fsp3) is 0.333. The molecule has 3 N–H and O–H groups in total. The lowest BCUT2D eigenvalue weighted by Crippen LogP contribution is -2.30. The first-order valence-electron chi connectivity index (χ1n) is 7.54. The van der Waals surface area contributed by atoms with E-state index < -0.39 is 6.10 Å². The highest BCUT2D eigenvalue weighted by atomic mass is 16.3. The van der Waals surface area contributed by atoms with Crippen molar-refractivity contribution >= 4 is 5.69 Å². The highest BCUT2D eigenvalue weighted by Crippen LogP contribution is 2.30. The molecule has 3 rings (SSSR count). The van der Waals surface area contributed by atoms with E-state index >= 15 is 0 Å². The summed E-state index contributed by atoms with van der Waals surface area (Å²) in [6.07, 6.45) is 1.98. The maximum atomic E-state index is 10.5. The molecular formula is C18H22N2O. The van der Waals surface area contributed by atoms with Crippen LogP contribution >= 0.6 is 0 Å². The quantitative estimate of drug-likeness (QED) is 0.801. The molecule has 0 aromatic heterocycles. The molecule has 2 aromatic carbocycles. The fourth-order valence-electron chi connectivity index (χ4n) is 2.69. The summed E-state index contributed by atoms with van der Waals surface area (Å²) < 4.78 is 0. The van der Waals surface area contributed by atoms with Gasteiger partial charge in [0.25, 0.3) is 0 Å². The van der Waals surface area contributed by atoms with Gasteiger partial charge in [0, 0.05) is 24.8 Å². The van der Waals surface area contributed by atoms with Crippen LogP contribution in [0.4, 0.5) is 5.69 Å². The van der Waals surface area contributed by atoms with Gasteiger partial charge >= 0.3 is 0 Å².